The molecule has 1 rings (SSSR count). The summed E-state index contributed by atoms with van der Waals surface area (Å²) in [4.78, 5) is 0. The molecule has 0 saturated heterocycles. The molecule has 54 valence electrons. The summed E-state index contributed by atoms with van der Waals surface area (Å²) < 4.78 is 12.6. The van der Waals surface area contributed by atoms with E-state index in [1.165, 1.54) is 6.42 Å². The van der Waals surface area contributed by atoms with Crippen LogP contribution in [0.1, 0.15) is 25.7 Å². The summed E-state index contributed by atoms with van der Waals surface area (Å²) >= 11 is 3.37. The fraction of sp³-hybridized carbons (Fsp3) is 1.00. The quantitative estimate of drug-likeness (QED) is 0.564. The average Bonchev–Trinajstić information content (AvgIpc) is 1.88. The minimum atomic E-state index is -0.513. The molecule has 1 aliphatic carbocycles. The first-order valence-corrected chi connectivity index (χ1v) is 4.65. The van der Waals surface area contributed by atoms with Crippen molar-refractivity contribution in [3.05, 3.63) is 0 Å². The summed E-state index contributed by atoms with van der Waals surface area (Å²) in [5.74, 6) is 0.605. The summed E-state index contributed by atoms with van der Waals surface area (Å²) in [5, 5.41) is 0.980. The molecule has 0 aromatic carbocycles. The Hall–Kier alpha value is 0.410. The second-order valence-corrected chi connectivity index (χ2v) is 3.43. The normalized spacial score (nSPS) is 36.7. The molecule has 0 bridgehead atoms. The molecule has 0 aromatic rings. The first-order valence-electron chi connectivity index (χ1n) is 3.53. The molecule has 2 heteroatoms. The van der Waals surface area contributed by atoms with Crippen LogP contribution in [-0.2, 0) is 0 Å². The van der Waals surface area contributed by atoms with Crippen LogP contribution in [0.25, 0.3) is 0 Å². The van der Waals surface area contributed by atoms with Crippen molar-refractivity contribution in [3.63, 3.8) is 0 Å². The summed E-state index contributed by atoms with van der Waals surface area (Å²) in [7, 11) is 0. The van der Waals surface area contributed by atoms with E-state index in [4.69, 9.17) is 0 Å². The zero-order chi connectivity index (χ0) is 6.69. The van der Waals surface area contributed by atoms with Crippen LogP contribution in [0.4, 0.5) is 4.39 Å². The van der Waals surface area contributed by atoms with E-state index >= 15 is 0 Å². The van der Waals surface area contributed by atoms with Gasteiger partial charge in [-0.1, -0.05) is 22.4 Å². The highest BCUT2D eigenvalue weighted by Crippen LogP contribution is 2.27. The maximum Gasteiger partial charge on any atom is 0.100 e. The zero-order valence-electron chi connectivity index (χ0n) is 5.45. The highest BCUT2D eigenvalue weighted by Gasteiger charge is 2.19. The third-order valence-electron chi connectivity index (χ3n) is 1.94. The molecule has 1 aliphatic rings. The molecular weight excluding hydrogens is 183 g/mol. The SMILES string of the molecule is FC1CCCC(CBr)C1. The number of halogens is 2. The monoisotopic (exact) mass is 194 g/mol. The molecule has 0 amide bonds. The average molecular weight is 195 g/mol. The molecule has 0 aromatic heterocycles. The smallest absolute Gasteiger partial charge is 0.100 e. The van der Waals surface area contributed by atoms with E-state index < -0.39 is 6.17 Å². The van der Waals surface area contributed by atoms with Crippen LogP contribution >= 0.6 is 15.9 Å². The Morgan fingerprint density at radius 3 is 2.67 bits per heavy atom. The molecule has 2 unspecified atom stereocenters. The van der Waals surface area contributed by atoms with Crippen LogP contribution in [0.15, 0.2) is 0 Å². The van der Waals surface area contributed by atoms with Gasteiger partial charge in [-0.2, -0.15) is 0 Å². The molecule has 1 saturated carbocycles. The van der Waals surface area contributed by atoms with E-state index in [1.807, 2.05) is 0 Å². The van der Waals surface area contributed by atoms with Gasteiger partial charge in [0.05, 0.1) is 0 Å². The molecule has 2 atom stereocenters. The van der Waals surface area contributed by atoms with Gasteiger partial charge in [-0.05, 0) is 25.2 Å². The topological polar surface area (TPSA) is 0 Å². The minimum absolute atomic E-state index is 0.513. The Morgan fingerprint density at radius 1 is 1.44 bits per heavy atom. The predicted octanol–water partition coefficient (Wildman–Crippen LogP) is 2.91. The molecule has 0 spiro atoms. The lowest BCUT2D eigenvalue weighted by molar-refractivity contribution is 0.211. The van der Waals surface area contributed by atoms with Gasteiger partial charge in [0.2, 0.25) is 0 Å². The second kappa shape index (κ2) is 3.55. The van der Waals surface area contributed by atoms with Crippen molar-refractivity contribution in [3.8, 4) is 0 Å². The highest BCUT2D eigenvalue weighted by atomic mass is 79.9. The molecule has 0 heterocycles. The highest BCUT2D eigenvalue weighted by molar-refractivity contribution is 9.09. The van der Waals surface area contributed by atoms with E-state index in [1.54, 1.807) is 0 Å². The van der Waals surface area contributed by atoms with Crippen molar-refractivity contribution >= 4 is 15.9 Å². The van der Waals surface area contributed by atoms with Crippen molar-refractivity contribution in [2.24, 2.45) is 5.92 Å². The molecular formula is C7H12BrF. The van der Waals surface area contributed by atoms with Crippen molar-refractivity contribution in [2.45, 2.75) is 31.9 Å². The first-order chi connectivity index (χ1) is 4.33. The summed E-state index contributed by atoms with van der Waals surface area (Å²) in [6.07, 6.45) is 3.36. The van der Waals surface area contributed by atoms with Crippen LogP contribution in [-0.4, -0.2) is 11.5 Å². The van der Waals surface area contributed by atoms with Crippen LogP contribution < -0.4 is 0 Å². The molecule has 0 aliphatic heterocycles. The minimum Gasteiger partial charge on any atom is -0.247 e. The van der Waals surface area contributed by atoms with Crippen LogP contribution in [0.5, 0.6) is 0 Å². The fourth-order valence-corrected chi connectivity index (χ4v) is 1.95. The van der Waals surface area contributed by atoms with Crippen molar-refractivity contribution in [2.75, 3.05) is 5.33 Å². The van der Waals surface area contributed by atoms with E-state index in [0.29, 0.717) is 5.92 Å². The molecule has 0 radical (unpaired) electrons. The third kappa shape index (κ3) is 2.24. The Kier molecular flexibility index (Phi) is 2.96. The van der Waals surface area contributed by atoms with Crippen molar-refractivity contribution in [1.82, 2.24) is 0 Å². The van der Waals surface area contributed by atoms with Gasteiger partial charge in [-0.25, -0.2) is 4.39 Å². The van der Waals surface area contributed by atoms with Crippen molar-refractivity contribution < 1.29 is 4.39 Å². The van der Waals surface area contributed by atoms with Crippen LogP contribution in [0, 0.1) is 5.92 Å². The van der Waals surface area contributed by atoms with Gasteiger partial charge in [0.15, 0.2) is 0 Å². The van der Waals surface area contributed by atoms with Gasteiger partial charge in [-0.15, -0.1) is 0 Å². The fourth-order valence-electron chi connectivity index (χ4n) is 1.37. The first kappa shape index (κ1) is 7.52. The second-order valence-electron chi connectivity index (χ2n) is 2.78. The number of hydrogen-bond donors (Lipinski definition) is 0. The Morgan fingerprint density at radius 2 is 2.22 bits per heavy atom. The Bertz CT molecular complexity index is 85.0. The Balaban J connectivity index is 2.23. The largest absolute Gasteiger partial charge is 0.247 e. The Labute approximate surface area is 64.0 Å². The summed E-state index contributed by atoms with van der Waals surface area (Å²) in [6.45, 7) is 0. The van der Waals surface area contributed by atoms with E-state index in [2.05, 4.69) is 15.9 Å². The van der Waals surface area contributed by atoms with Gasteiger partial charge in [0.25, 0.3) is 0 Å². The van der Waals surface area contributed by atoms with Gasteiger partial charge in [0.1, 0.15) is 6.17 Å². The lowest BCUT2D eigenvalue weighted by Gasteiger charge is -2.22. The van der Waals surface area contributed by atoms with Gasteiger partial charge in [0, 0.05) is 5.33 Å². The van der Waals surface area contributed by atoms with E-state index in [9.17, 15) is 4.39 Å². The third-order valence-corrected chi connectivity index (χ3v) is 2.85. The molecule has 9 heavy (non-hydrogen) atoms. The number of hydrogen-bond acceptors (Lipinski definition) is 0. The van der Waals surface area contributed by atoms with Crippen LogP contribution in [0.2, 0.25) is 0 Å². The molecule has 0 nitrogen and oxygen atoms in total. The maximum atomic E-state index is 12.6. The lowest BCUT2D eigenvalue weighted by atomic mass is 9.90. The maximum absolute atomic E-state index is 12.6. The predicted molar refractivity (Wildman–Crippen MR) is 40.6 cm³/mol. The van der Waals surface area contributed by atoms with E-state index in [0.717, 1.165) is 24.6 Å². The van der Waals surface area contributed by atoms with Gasteiger partial charge >= 0.3 is 0 Å². The standard InChI is InChI=1S/C7H12BrF/c8-5-6-2-1-3-7(9)4-6/h6-7H,1-5H2. The summed E-state index contributed by atoms with van der Waals surface area (Å²) in [6, 6.07) is 0. The lowest BCUT2D eigenvalue weighted by Crippen LogP contribution is -2.16. The number of rotatable bonds is 1. The molecule has 1 fully saturated rings. The van der Waals surface area contributed by atoms with Gasteiger partial charge < -0.3 is 0 Å². The van der Waals surface area contributed by atoms with Crippen molar-refractivity contribution in [1.29, 1.82) is 0 Å². The van der Waals surface area contributed by atoms with Gasteiger partial charge in [-0.3, -0.25) is 0 Å². The molecule has 0 N–H and O–H groups in total. The summed E-state index contributed by atoms with van der Waals surface area (Å²) in [5.41, 5.74) is 0. The zero-order valence-corrected chi connectivity index (χ0v) is 7.03. The van der Waals surface area contributed by atoms with E-state index in [-0.39, 0.29) is 0 Å². The number of alkyl halides is 2. The van der Waals surface area contributed by atoms with Crippen LogP contribution in [0.3, 0.4) is 0 Å².